The maximum atomic E-state index is 12.1. The molecule has 3 amide bonds. The molecule has 2 aliphatic heterocycles. The number of nitrogens with zero attached hydrogens (tertiary/aromatic N) is 1. The van der Waals surface area contributed by atoms with Gasteiger partial charge in [0.1, 0.15) is 11.5 Å². The predicted octanol–water partition coefficient (Wildman–Crippen LogP) is 0.780. The molecule has 2 unspecified atom stereocenters. The van der Waals surface area contributed by atoms with Gasteiger partial charge in [0.05, 0.1) is 0 Å². The van der Waals surface area contributed by atoms with Crippen molar-refractivity contribution in [2.45, 2.75) is 12.0 Å². The zero-order chi connectivity index (χ0) is 15.9. The summed E-state index contributed by atoms with van der Waals surface area (Å²) in [6.07, 6.45) is 0.257. The third-order valence-electron chi connectivity index (χ3n) is 4.23. The highest BCUT2D eigenvalue weighted by molar-refractivity contribution is 14.1. The SMILES string of the molecule is O=C1NC(=O)C2(CCN(c3ccc(I)cc3)CC2C(=O)O)N1. The molecule has 2 heterocycles. The summed E-state index contributed by atoms with van der Waals surface area (Å²) in [6, 6.07) is 7.11. The number of hydrogen-bond acceptors (Lipinski definition) is 4. The highest BCUT2D eigenvalue weighted by Crippen LogP contribution is 2.33. The number of halogens is 1. The molecular weight excluding hydrogens is 401 g/mol. The van der Waals surface area contributed by atoms with Crippen LogP contribution in [0.2, 0.25) is 0 Å². The van der Waals surface area contributed by atoms with Gasteiger partial charge >= 0.3 is 12.0 Å². The minimum Gasteiger partial charge on any atom is -0.481 e. The Morgan fingerprint density at radius 1 is 1.32 bits per heavy atom. The molecule has 116 valence electrons. The maximum absolute atomic E-state index is 12.1. The van der Waals surface area contributed by atoms with Gasteiger partial charge in [-0.25, -0.2) is 4.79 Å². The summed E-state index contributed by atoms with van der Waals surface area (Å²) in [5.41, 5.74) is -0.436. The Morgan fingerprint density at radius 3 is 2.55 bits per heavy atom. The largest absolute Gasteiger partial charge is 0.481 e. The lowest BCUT2D eigenvalue weighted by molar-refractivity contribution is -0.148. The zero-order valence-electron chi connectivity index (χ0n) is 11.5. The van der Waals surface area contributed by atoms with Crippen LogP contribution in [-0.2, 0) is 9.59 Å². The van der Waals surface area contributed by atoms with Gasteiger partial charge in [0, 0.05) is 22.3 Å². The summed E-state index contributed by atoms with van der Waals surface area (Å²) < 4.78 is 1.09. The summed E-state index contributed by atoms with van der Waals surface area (Å²) in [4.78, 5) is 37.1. The first-order chi connectivity index (χ1) is 10.4. The number of hydrogen-bond donors (Lipinski definition) is 3. The van der Waals surface area contributed by atoms with Crippen molar-refractivity contribution in [2.75, 3.05) is 18.0 Å². The molecule has 1 aromatic carbocycles. The van der Waals surface area contributed by atoms with E-state index in [1.165, 1.54) is 0 Å². The predicted molar refractivity (Wildman–Crippen MR) is 86.5 cm³/mol. The van der Waals surface area contributed by atoms with E-state index < -0.39 is 29.4 Å². The van der Waals surface area contributed by atoms with Crippen molar-refractivity contribution in [3.8, 4) is 0 Å². The van der Waals surface area contributed by atoms with Gasteiger partial charge in [-0.2, -0.15) is 0 Å². The molecule has 0 aliphatic carbocycles. The third kappa shape index (κ3) is 2.40. The number of aliphatic carboxylic acids is 1. The van der Waals surface area contributed by atoms with Gasteiger partial charge < -0.3 is 15.3 Å². The van der Waals surface area contributed by atoms with E-state index in [1.54, 1.807) is 0 Å². The van der Waals surface area contributed by atoms with E-state index in [9.17, 15) is 19.5 Å². The summed E-state index contributed by atoms with van der Waals surface area (Å²) in [5.74, 6) is -2.63. The number of carboxylic acids is 1. The molecule has 3 N–H and O–H groups in total. The molecule has 8 heteroatoms. The van der Waals surface area contributed by atoms with Gasteiger partial charge in [0.15, 0.2) is 0 Å². The number of carboxylic acid groups (broad SMARTS) is 1. The zero-order valence-corrected chi connectivity index (χ0v) is 13.7. The molecule has 0 aromatic heterocycles. The topological polar surface area (TPSA) is 98.7 Å². The van der Waals surface area contributed by atoms with Crippen molar-refractivity contribution in [2.24, 2.45) is 5.92 Å². The van der Waals surface area contributed by atoms with E-state index in [-0.39, 0.29) is 13.0 Å². The molecule has 1 aromatic rings. The van der Waals surface area contributed by atoms with Gasteiger partial charge in [-0.05, 0) is 53.3 Å². The number of amides is 3. The Kier molecular flexibility index (Phi) is 3.71. The molecule has 0 bridgehead atoms. The summed E-state index contributed by atoms with van der Waals surface area (Å²) in [6.45, 7) is 0.668. The number of nitrogens with one attached hydrogen (secondary N) is 2. The van der Waals surface area contributed by atoms with Crippen LogP contribution >= 0.6 is 22.6 Å². The van der Waals surface area contributed by atoms with Crippen LogP contribution in [-0.4, -0.2) is 41.6 Å². The lowest BCUT2D eigenvalue weighted by Crippen LogP contribution is -2.63. The lowest BCUT2D eigenvalue weighted by Gasteiger charge is -2.42. The van der Waals surface area contributed by atoms with Gasteiger partial charge in [-0.1, -0.05) is 0 Å². The smallest absolute Gasteiger partial charge is 0.322 e. The van der Waals surface area contributed by atoms with Crippen LogP contribution in [0.1, 0.15) is 6.42 Å². The first-order valence-corrected chi connectivity index (χ1v) is 7.87. The van der Waals surface area contributed by atoms with Crippen molar-refractivity contribution in [3.05, 3.63) is 27.8 Å². The molecule has 2 saturated heterocycles. The van der Waals surface area contributed by atoms with Crippen LogP contribution < -0.4 is 15.5 Å². The highest BCUT2D eigenvalue weighted by atomic mass is 127. The summed E-state index contributed by atoms with van der Waals surface area (Å²) in [5, 5.41) is 14.2. The summed E-state index contributed by atoms with van der Waals surface area (Å²) in [7, 11) is 0. The maximum Gasteiger partial charge on any atom is 0.322 e. The number of anilines is 1. The Hall–Kier alpha value is -1.84. The molecule has 1 spiro atoms. The van der Waals surface area contributed by atoms with Gasteiger partial charge in [0.25, 0.3) is 5.91 Å². The Bertz CT molecular complexity index is 648. The van der Waals surface area contributed by atoms with Crippen LogP contribution in [0, 0.1) is 9.49 Å². The molecule has 2 atom stereocenters. The first kappa shape index (κ1) is 15.1. The van der Waals surface area contributed by atoms with Crippen LogP contribution in [0.3, 0.4) is 0 Å². The number of piperidine rings is 1. The molecule has 7 nitrogen and oxygen atoms in total. The van der Waals surface area contributed by atoms with Gasteiger partial charge in [-0.15, -0.1) is 0 Å². The van der Waals surface area contributed by atoms with Crippen molar-refractivity contribution in [1.82, 2.24) is 10.6 Å². The monoisotopic (exact) mass is 415 g/mol. The van der Waals surface area contributed by atoms with Crippen LogP contribution in [0.5, 0.6) is 0 Å². The van der Waals surface area contributed by atoms with Crippen LogP contribution in [0.4, 0.5) is 10.5 Å². The third-order valence-corrected chi connectivity index (χ3v) is 4.95. The number of imide groups is 1. The fraction of sp³-hybridized carbons (Fsp3) is 0.357. The molecule has 3 rings (SSSR count). The number of benzene rings is 1. The molecule has 22 heavy (non-hydrogen) atoms. The molecule has 2 aliphatic rings. The Morgan fingerprint density at radius 2 is 2.00 bits per heavy atom. The lowest BCUT2D eigenvalue weighted by atomic mass is 9.77. The molecular formula is C14H14IN3O4. The van der Waals surface area contributed by atoms with E-state index in [4.69, 9.17) is 0 Å². The number of carbonyl (C=O) groups is 3. The first-order valence-electron chi connectivity index (χ1n) is 6.79. The van der Waals surface area contributed by atoms with Gasteiger partial charge in [0.2, 0.25) is 0 Å². The second-order valence-corrected chi connectivity index (χ2v) is 6.69. The second-order valence-electron chi connectivity index (χ2n) is 5.44. The van der Waals surface area contributed by atoms with Crippen LogP contribution in [0.25, 0.3) is 0 Å². The van der Waals surface area contributed by atoms with Crippen molar-refractivity contribution in [3.63, 3.8) is 0 Å². The summed E-state index contributed by atoms with van der Waals surface area (Å²) >= 11 is 2.20. The van der Waals surface area contributed by atoms with E-state index in [1.807, 2.05) is 29.2 Å². The Balaban J connectivity index is 1.88. The number of rotatable bonds is 2. The van der Waals surface area contributed by atoms with E-state index in [0.717, 1.165) is 9.26 Å². The van der Waals surface area contributed by atoms with Crippen molar-refractivity contribution >= 4 is 46.2 Å². The van der Waals surface area contributed by atoms with Crippen molar-refractivity contribution in [1.29, 1.82) is 0 Å². The quantitative estimate of drug-likeness (QED) is 0.490. The van der Waals surface area contributed by atoms with Crippen molar-refractivity contribution < 1.29 is 19.5 Å². The van der Waals surface area contributed by atoms with E-state index >= 15 is 0 Å². The van der Waals surface area contributed by atoms with E-state index in [0.29, 0.717) is 6.54 Å². The molecule has 2 fully saturated rings. The fourth-order valence-corrected chi connectivity index (χ4v) is 3.41. The normalized spacial score (nSPS) is 27.7. The fourth-order valence-electron chi connectivity index (χ4n) is 3.05. The number of urea groups is 1. The molecule has 0 saturated carbocycles. The number of carbonyl (C=O) groups excluding carboxylic acids is 2. The molecule has 0 radical (unpaired) electrons. The average Bonchev–Trinajstić information content (AvgIpc) is 2.75. The van der Waals surface area contributed by atoms with Gasteiger partial charge in [-0.3, -0.25) is 14.9 Å². The van der Waals surface area contributed by atoms with Crippen LogP contribution in [0.15, 0.2) is 24.3 Å². The minimum absolute atomic E-state index is 0.170. The standard InChI is InChI=1S/C14H14IN3O4/c15-8-1-3-9(4-2-8)18-6-5-14(10(7-18)11(19)20)12(21)16-13(22)17-14/h1-4,10H,5-7H2,(H,19,20)(H2,16,17,21,22). The Labute approximate surface area is 140 Å². The second kappa shape index (κ2) is 5.41. The average molecular weight is 415 g/mol. The highest BCUT2D eigenvalue weighted by Gasteiger charge is 2.57. The minimum atomic E-state index is -1.34. The van der Waals surface area contributed by atoms with E-state index in [2.05, 4.69) is 33.2 Å².